The standard InChI is InChI=1S/C14H19N3OS/c1-3-17-13(15-16-14(17)19)5-4-10-18-12-8-6-11(2)7-9-12/h6-9H,3-5,10H2,1-2H3,(H,16,19). The van der Waals surface area contributed by atoms with E-state index in [9.17, 15) is 0 Å². The Morgan fingerprint density at radius 2 is 2.05 bits per heavy atom. The van der Waals surface area contributed by atoms with Gasteiger partial charge in [0, 0.05) is 13.0 Å². The molecule has 0 amide bonds. The third-order valence-electron chi connectivity index (χ3n) is 2.99. The fraction of sp³-hybridized carbons (Fsp3) is 0.429. The molecule has 4 nitrogen and oxygen atoms in total. The Labute approximate surface area is 118 Å². The average molecular weight is 277 g/mol. The maximum atomic E-state index is 5.69. The molecule has 2 rings (SSSR count). The van der Waals surface area contributed by atoms with Crippen molar-refractivity contribution in [1.82, 2.24) is 14.8 Å². The number of aromatic amines is 1. The SMILES string of the molecule is CCn1c(CCCOc2ccc(C)cc2)n[nH]c1=S. The van der Waals surface area contributed by atoms with E-state index in [-0.39, 0.29) is 0 Å². The van der Waals surface area contributed by atoms with Crippen LogP contribution in [0.15, 0.2) is 24.3 Å². The summed E-state index contributed by atoms with van der Waals surface area (Å²) in [4.78, 5) is 0. The van der Waals surface area contributed by atoms with E-state index in [0.29, 0.717) is 11.4 Å². The molecule has 0 saturated carbocycles. The van der Waals surface area contributed by atoms with Crippen molar-refractivity contribution in [3.8, 4) is 5.75 Å². The zero-order valence-electron chi connectivity index (χ0n) is 11.3. The first kappa shape index (κ1) is 13.8. The van der Waals surface area contributed by atoms with Gasteiger partial charge in [-0.1, -0.05) is 17.7 Å². The van der Waals surface area contributed by atoms with Crippen LogP contribution in [0.1, 0.15) is 24.7 Å². The Morgan fingerprint density at radius 3 is 2.74 bits per heavy atom. The van der Waals surface area contributed by atoms with Crippen molar-refractivity contribution in [3.63, 3.8) is 0 Å². The van der Waals surface area contributed by atoms with Gasteiger partial charge >= 0.3 is 0 Å². The summed E-state index contributed by atoms with van der Waals surface area (Å²) in [5, 5.41) is 7.06. The molecule has 0 saturated heterocycles. The quantitative estimate of drug-likeness (QED) is 0.651. The van der Waals surface area contributed by atoms with Crippen LogP contribution in [0.3, 0.4) is 0 Å². The number of aromatic nitrogens is 3. The van der Waals surface area contributed by atoms with Crippen LogP contribution < -0.4 is 4.74 Å². The lowest BCUT2D eigenvalue weighted by atomic mass is 10.2. The molecule has 0 atom stereocenters. The summed E-state index contributed by atoms with van der Waals surface area (Å²) < 4.78 is 8.40. The van der Waals surface area contributed by atoms with Gasteiger partial charge in [-0.2, -0.15) is 5.10 Å². The van der Waals surface area contributed by atoms with Crippen molar-refractivity contribution < 1.29 is 4.74 Å². The summed E-state index contributed by atoms with van der Waals surface area (Å²) in [5.41, 5.74) is 1.24. The van der Waals surface area contributed by atoms with Crippen molar-refractivity contribution in [3.05, 3.63) is 40.4 Å². The minimum Gasteiger partial charge on any atom is -0.494 e. The van der Waals surface area contributed by atoms with Crippen LogP contribution in [-0.4, -0.2) is 21.4 Å². The Hall–Kier alpha value is -1.62. The zero-order chi connectivity index (χ0) is 13.7. The van der Waals surface area contributed by atoms with Crippen molar-refractivity contribution in [2.75, 3.05) is 6.61 Å². The van der Waals surface area contributed by atoms with Gasteiger partial charge in [-0.15, -0.1) is 0 Å². The molecule has 0 spiro atoms. The Morgan fingerprint density at radius 1 is 1.32 bits per heavy atom. The number of ether oxygens (including phenoxy) is 1. The fourth-order valence-electron chi connectivity index (χ4n) is 1.92. The molecule has 0 unspecified atom stereocenters. The summed E-state index contributed by atoms with van der Waals surface area (Å²) in [6, 6.07) is 8.10. The highest BCUT2D eigenvalue weighted by molar-refractivity contribution is 7.71. The number of hydrogen-bond acceptors (Lipinski definition) is 3. The van der Waals surface area contributed by atoms with E-state index in [1.54, 1.807) is 0 Å². The summed E-state index contributed by atoms with van der Waals surface area (Å²) in [6.07, 6.45) is 1.79. The number of H-pyrrole nitrogens is 1. The van der Waals surface area contributed by atoms with Gasteiger partial charge in [0.2, 0.25) is 0 Å². The van der Waals surface area contributed by atoms with Crippen LogP contribution >= 0.6 is 12.2 Å². The van der Waals surface area contributed by atoms with E-state index in [0.717, 1.165) is 31.0 Å². The molecular formula is C14H19N3OS. The maximum Gasteiger partial charge on any atom is 0.195 e. The first-order valence-corrected chi connectivity index (χ1v) is 6.95. The van der Waals surface area contributed by atoms with E-state index < -0.39 is 0 Å². The van der Waals surface area contributed by atoms with Crippen molar-refractivity contribution >= 4 is 12.2 Å². The second-order valence-corrected chi connectivity index (χ2v) is 4.84. The molecule has 0 aliphatic carbocycles. The molecule has 0 fully saturated rings. The van der Waals surface area contributed by atoms with Gasteiger partial charge < -0.3 is 9.30 Å². The lowest BCUT2D eigenvalue weighted by Crippen LogP contribution is -2.05. The van der Waals surface area contributed by atoms with Crippen LogP contribution in [-0.2, 0) is 13.0 Å². The highest BCUT2D eigenvalue weighted by Crippen LogP contribution is 2.12. The number of nitrogens with zero attached hydrogens (tertiary/aromatic N) is 2. The first-order valence-electron chi connectivity index (χ1n) is 6.54. The molecule has 0 bridgehead atoms. The molecule has 0 radical (unpaired) electrons. The predicted molar refractivity (Wildman–Crippen MR) is 78.1 cm³/mol. The molecule has 0 aliphatic rings. The third-order valence-corrected chi connectivity index (χ3v) is 3.30. The van der Waals surface area contributed by atoms with Gasteiger partial charge in [-0.05, 0) is 44.6 Å². The second-order valence-electron chi connectivity index (χ2n) is 4.45. The number of nitrogens with one attached hydrogen (secondary N) is 1. The summed E-state index contributed by atoms with van der Waals surface area (Å²) in [6.45, 7) is 5.67. The molecule has 2 aromatic rings. The van der Waals surface area contributed by atoms with Crippen molar-refractivity contribution in [2.24, 2.45) is 0 Å². The Balaban J connectivity index is 1.80. The van der Waals surface area contributed by atoms with Gasteiger partial charge in [0.05, 0.1) is 6.61 Å². The maximum absolute atomic E-state index is 5.69. The zero-order valence-corrected chi connectivity index (χ0v) is 12.2. The summed E-state index contributed by atoms with van der Waals surface area (Å²) in [5.74, 6) is 1.92. The van der Waals surface area contributed by atoms with Gasteiger partial charge in [-0.25, -0.2) is 0 Å². The van der Waals surface area contributed by atoms with Gasteiger partial charge in [-0.3, -0.25) is 5.10 Å². The monoisotopic (exact) mass is 277 g/mol. The lowest BCUT2D eigenvalue weighted by Gasteiger charge is -2.06. The van der Waals surface area contributed by atoms with E-state index in [1.165, 1.54) is 5.56 Å². The van der Waals surface area contributed by atoms with Crippen LogP contribution in [0.25, 0.3) is 0 Å². The van der Waals surface area contributed by atoms with E-state index >= 15 is 0 Å². The highest BCUT2D eigenvalue weighted by Gasteiger charge is 2.04. The number of aryl methyl sites for hydroxylation is 2. The molecular weight excluding hydrogens is 258 g/mol. The Kier molecular flexibility index (Phi) is 4.74. The Bertz CT molecular complexity index is 571. The van der Waals surface area contributed by atoms with Crippen LogP contribution in [0.2, 0.25) is 0 Å². The van der Waals surface area contributed by atoms with Crippen molar-refractivity contribution in [1.29, 1.82) is 0 Å². The third kappa shape index (κ3) is 3.67. The van der Waals surface area contributed by atoms with Crippen LogP contribution in [0.5, 0.6) is 5.75 Å². The molecule has 1 aromatic heterocycles. The number of rotatable bonds is 6. The normalized spacial score (nSPS) is 10.6. The number of benzene rings is 1. The van der Waals surface area contributed by atoms with Gasteiger partial charge in [0.15, 0.2) is 4.77 Å². The first-order chi connectivity index (χ1) is 9.20. The summed E-state index contributed by atoms with van der Waals surface area (Å²) >= 11 is 5.15. The largest absolute Gasteiger partial charge is 0.494 e. The van der Waals surface area contributed by atoms with Crippen molar-refractivity contribution in [2.45, 2.75) is 33.2 Å². The fourth-order valence-corrected chi connectivity index (χ4v) is 2.20. The predicted octanol–water partition coefficient (Wildman–Crippen LogP) is 3.28. The molecule has 1 aromatic carbocycles. The minimum atomic E-state index is 0.687. The topological polar surface area (TPSA) is 42.8 Å². The summed E-state index contributed by atoms with van der Waals surface area (Å²) in [7, 11) is 0. The molecule has 0 aliphatic heterocycles. The molecule has 19 heavy (non-hydrogen) atoms. The molecule has 102 valence electrons. The lowest BCUT2D eigenvalue weighted by molar-refractivity contribution is 0.309. The molecule has 5 heteroatoms. The average Bonchev–Trinajstić information content (AvgIpc) is 2.77. The van der Waals surface area contributed by atoms with Crippen LogP contribution in [0, 0.1) is 11.7 Å². The number of hydrogen-bond donors (Lipinski definition) is 1. The van der Waals surface area contributed by atoms with E-state index in [4.69, 9.17) is 17.0 Å². The minimum absolute atomic E-state index is 0.687. The van der Waals surface area contributed by atoms with E-state index in [1.807, 2.05) is 16.7 Å². The second kappa shape index (κ2) is 6.52. The van der Waals surface area contributed by atoms with Gasteiger partial charge in [0.25, 0.3) is 0 Å². The highest BCUT2D eigenvalue weighted by atomic mass is 32.1. The van der Waals surface area contributed by atoms with Crippen LogP contribution in [0.4, 0.5) is 0 Å². The smallest absolute Gasteiger partial charge is 0.195 e. The molecule has 1 heterocycles. The molecule has 1 N–H and O–H groups in total. The van der Waals surface area contributed by atoms with Gasteiger partial charge in [0.1, 0.15) is 11.6 Å². The van der Waals surface area contributed by atoms with E-state index in [2.05, 4.69) is 36.2 Å².